The lowest BCUT2D eigenvalue weighted by Gasteiger charge is -2.14. The standard InChI is InChI=1S/C15H11BrF4O/c1-21-9-6-12(18)14(13(19)7-9)10(16)5-8-3-2-4-11(17)15(8)20/h2-4,6-7,10H,5H2,1H3. The highest BCUT2D eigenvalue weighted by molar-refractivity contribution is 9.09. The van der Waals surface area contributed by atoms with Gasteiger partial charge in [-0.3, -0.25) is 0 Å². The monoisotopic (exact) mass is 362 g/mol. The fourth-order valence-electron chi connectivity index (χ4n) is 1.98. The van der Waals surface area contributed by atoms with E-state index in [0.29, 0.717) is 0 Å². The lowest BCUT2D eigenvalue weighted by Crippen LogP contribution is -2.05. The van der Waals surface area contributed by atoms with Gasteiger partial charge in [-0.05, 0) is 18.1 Å². The maximum atomic E-state index is 13.9. The minimum absolute atomic E-state index is 0.0338. The number of hydrogen-bond donors (Lipinski definition) is 0. The van der Waals surface area contributed by atoms with Crippen LogP contribution >= 0.6 is 15.9 Å². The Kier molecular flexibility index (Phi) is 4.88. The number of methoxy groups -OCH3 is 1. The molecule has 1 nitrogen and oxygen atoms in total. The first-order valence-corrected chi connectivity index (χ1v) is 6.95. The summed E-state index contributed by atoms with van der Waals surface area (Å²) < 4.78 is 59.3. The summed E-state index contributed by atoms with van der Waals surface area (Å²) in [6, 6.07) is 5.76. The van der Waals surface area contributed by atoms with Crippen molar-refractivity contribution >= 4 is 15.9 Å². The van der Waals surface area contributed by atoms with Gasteiger partial charge in [-0.2, -0.15) is 0 Å². The fourth-order valence-corrected chi connectivity index (χ4v) is 2.77. The molecule has 0 saturated heterocycles. The van der Waals surface area contributed by atoms with E-state index in [9.17, 15) is 17.6 Å². The second kappa shape index (κ2) is 6.47. The van der Waals surface area contributed by atoms with Gasteiger partial charge >= 0.3 is 0 Å². The van der Waals surface area contributed by atoms with Crippen LogP contribution in [0.25, 0.3) is 0 Å². The highest BCUT2D eigenvalue weighted by atomic mass is 79.9. The minimum atomic E-state index is -1.02. The predicted molar refractivity (Wildman–Crippen MR) is 74.6 cm³/mol. The van der Waals surface area contributed by atoms with E-state index in [4.69, 9.17) is 4.74 Å². The lowest BCUT2D eigenvalue weighted by atomic mass is 10.0. The van der Waals surface area contributed by atoms with Crippen molar-refractivity contribution in [2.75, 3.05) is 7.11 Å². The summed E-state index contributed by atoms with van der Waals surface area (Å²) in [7, 11) is 1.29. The number of alkyl halides is 1. The maximum absolute atomic E-state index is 13.9. The van der Waals surface area contributed by atoms with E-state index in [0.717, 1.165) is 18.2 Å². The molecule has 0 amide bonds. The van der Waals surface area contributed by atoms with Gasteiger partial charge in [0, 0.05) is 22.5 Å². The van der Waals surface area contributed by atoms with Crippen LogP contribution < -0.4 is 4.74 Å². The highest BCUT2D eigenvalue weighted by Crippen LogP contribution is 2.34. The first-order valence-electron chi connectivity index (χ1n) is 6.04. The van der Waals surface area contributed by atoms with Crippen molar-refractivity contribution in [1.29, 1.82) is 0 Å². The van der Waals surface area contributed by atoms with E-state index >= 15 is 0 Å². The molecule has 6 heteroatoms. The molecule has 0 radical (unpaired) electrons. The molecular formula is C15H11BrF4O. The van der Waals surface area contributed by atoms with Crippen LogP contribution in [0.4, 0.5) is 17.6 Å². The van der Waals surface area contributed by atoms with Crippen LogP contribution in [0.1, 0.15) is 16.0 Å². The van der Waals surface area contributed by atoms with Crippen molar-refractivity contribution in [3.05, 3.63) is 64.7 Å². The van der Waals surface area contributed by atoms with Crippen LogP contribution in [0.3, 0.4) is 0 Å². The number of hydrogen-bond acceptors (Lipinski definition) is 1. The van der Waals surface area contributed by atoms with Crippen molar-refractivity contribution in [3.8, 4) is 5.75 Å². The summed E-state index contributed by atoms with van der Waals surface area (Å²) in [4.78, 5) is -0.834. The molecule has 0 heterocycles. The van der Waals surface area contributed by atoms with Gasteiger partial charge in [-0.15, -0.1) is 0 Å². The summed E-state index contributed by atoms with van der Waals surface area (Å²) in [6.07, 6.45) is -0.0935. The second-order valence-electron chi connectivity index (χ2n) is 4.39. The zero-order valence-corrected chi connectivity index (χ0v) is 12.6. The molecule has 2 aromatic carbocycles. The largest absolute Gasteiger partial charge is 0.497 e. The van der Waals surface area contributed by atoms with Gasteiger partial charge in [-0.1, -0.05) is 28.1 Å². The van der Waals surface area contributed by atoms with Gasteiger partial charge in [0.2, 0.25) is 0 Å². The first-order chi connectivity index (χ1) is 9.93. The molecule has 0 fully saturated rings. The fraction of sp³-hybridized carbons (Fsp3) is 0.200. The van der Waals surface area contributed by atoms with E-state index in [1.807, 2.05) is 0 Å². The molecule has 0 aliphatic rings. The zero-order chi connectivity index (χ0) is 15.6. The molecule has 0 spiro atoms. The summed E-state index contributed by atoms with van der Waals surface area (Å²) in [5, 5.41) is 0. The molecule has 21 heavy (non-hydrogen) atoms. The van der Waals surface area contributed by atoms with Crippen LogP contribution in [0, 0.1) is 23.3 Å². The molecule has 0 bridgehead atoms. The Labute approximate surface area is 127 Å². The summed E-state index contributed by atoms with van der Waals surface area (Å²) in [5.41, 5.74) is -0.217. The first kappa shape index (κ1) is 15.8. The number of halogens is 5. The predicted octanol–water partition coefficient (Wildman–Crippen LogP) is 4.93. The van der Waals surface area contributed by atoms with Gasteiger partial charge in [0.15, 0.2) is 11.6 Å². The molecule has 1 atom stereocenters. The van der Waals surface area contributed by atoms with E-state index in [2.05, 4.69) is 15.9 Å². The van der Waals surface area contributed by atoms with Crippen LogP contribution in [0.5, 0.6) is 5.75 Å². The van der Waals surface area contributed by atoms with Gasteiger partial charge in [-0.25, -0.2) is 17.6 Å². The topological polar surface area (TPSA) is 9.23 Å². The van der Waals surface area contributed by atoms with Crippen molar-refractivity contribution < 1.29 is 22.3 Å². The van der Waals surface area contributed by atoms with Crippen molar-refractivity contribution in [1.82, 2.24) is 0 Å². The number of rotatable bonds is 4. The second-order valence-corrected chi connectivity index (χ2v) is 5.49. The quantitative estimate of drug-likeness (QED) is 0.553. The van der Waals surface area contributed by atoms with E-state index in [-0.39, 0.29) is 23.3 Å². The average Bonchev–Trinajstić information content (AvgIpc) is 2.43. The summed E-state index contributed by atoms with van der Waals surface area (Å²) in [6.45, 7) is 0. The van der Waals surface area contributed by atoms with Crippen LogP contribution in [0.2, 0.25) is 0 Å². The van der Waals surface area contributed by atoms with Crippen LogP contribution in [-0.2, 0) is 6.42 Å². The molecule has 112 valence electrons. The molecule has 0 N–H and O–H groups in total. The minimum Gasteiger partial charge on any atom is -0.497 e. The Morgan fingerprint density at radius 3 is 2.24 bits per heavy atom. The van der Waals surface area contributed by atoms with Crippen LogP contribution in [-0.4, -0.2) is 7.11 Å². The molecule has 2 aromatic rings. The van der Waals surface area contributed by atoms with Crippen molar-refractivity contribution in [3.63, 3.8) is 0 Å². The third-order valence-corrected chi connectivity index (χ3v) is 3.81. The molecule has 0 saturated carbocycles. The Bertz CT molecular complexity index is 637. The van der Waals surface area contributed by atoms with Crippen molar-refractivity contribution in [2.24, 2.45) is 0 Å². The number of ether oxygens (including phenoxy) is 1. The third kappa shape index (κ3) is 3.37. The lowest BCUT2D eigenvalue weighted by molar-refractivity contribution is 0.405. The maximum Gasteiger partial charge on any atom is 0.162 e. The van der Waals surface area contributed by atoms with Gasteiger partial charge in [0.25, 0.3) is 0 Å². The molecular weight excluding hydrogens is 352 g/mol. The van der Waals surface area contributed by atoms with Gasteiger partial charge in [0.1, 0.15) is 17.4 Å². The average molecular weight is 363 g/mol. The SMILES string of the molecule is COc1cc(F)c(C(Br)Cc2cccc(F)c2F)c(F)c1. The smallest absolute Gasteiger partial charge is 0.162 e. The summed E-state index contributed by atoms with van der Waals surface area (Å²) in [5.74, 6) is -3.60. The van der Waals surface area contributed by atoms with Gasteiger partial charge < -0.3 is 4.74 Å². The molecule has 0 aliphatic carbocycles. The molecule has 1 unspecified atom stereocenters. The van der Waals surface area contributed by atoms with E-state index in [1.165, 1.54) is 19.2 Å². The third-order valence-electron chi connectivity index (χ3n) is 3.03. The van der Waals surface area contributed by atoms with E-state index in [1.54, 1.807) is 0 Å². The van der Waals surface area contributed by atoms with Crippen molar-refractivity contribution in [2.45, 2.75) is 11.2 Å². The number of benzene rings is 2. The highest BCUT2D eigenvalue weighted by Gasteiger charge is 2.21. The molecule has 2 rings (SSSR count). The normalized spacial score (nSPS) is 12.3. The Hall–Kier alpha value is -1.56. The van der Waals surface area contributed by atoms with Gasteiger partial charge in [0.05, 0.1) is 7.11 Å². The molecule has 0 aliphatic heterocycles. The van der Waals surface area contributed by atoms with Crippen LogP contribution in [0.15, 0.2) is 30.3 Å². The van der Waals surface area contributed by atoms with E-state index < -0.39 is 28.1 Å². The Morgan fingerprint density at radius 2 is 1.67 bits per heavy atom. The zero-order valence-electron chi connectivity index (χ0n) is 11.0. The molecule has 0 aromatic heterocycles. The summed E-state index contributed by atoms with van der Waals surface area (Å²) >= 11 is 3.12. The Balaban J connectivity index is 2.32. The Morgan fingerprint density at radius 1 is 1.05 bits per heavy atom.